The average molecular weight is 403 g/mol. The third-order valence-corrected chi connectivity index (χ3v) is 4.86. The lowest BCUT2D eigenvalue weighted by molar-refractivity contribution is -0.119. The number of carbonyl (C=O) groups is 2. The van der Waals surface area contributed by atoms with E-state index in [0.29, 0.717) is 35.6 Å². The van der Waals surface area contributed by atoms with E-state index in [4.69, 9.17) is 5.26 Å². The SMILES string of the molecule is C1CC1.CNC(=O)c1cc(-c2cn3nccc3c(N3CCC(C#N)C3=O)n2)ccn1. The molecule has 1 aliphatic carbocycles. The Balaban J connectivity index is 0.000000667. The number of carbonyl (C=O) groups excluding carboxylic acids is 2. The maximum Gasteiger partial charge on any atom is 0.269 e. The van der Waals surface area contributed by atoms with Gasteiger partial charge in [0.25, 0.3) is 5.91 Å². The van der Waals surface area contributed by atoms with Gasteiger partial charge >= 0.3 is 0 Å². The number of hydrogen-bond acceptors (Lipinski definition) is 6. The summed E-state index contributed by atoms with van der Waals surface area (Å²) in [6, 6.07) is 7.16. The molecule has 5 rings (SSSR count). The van der Waals surface area contributed by atoms with Crippen LogP contribution in [0.1, 0.15) is 36.2 Å². The molecular formula is C21H21N7O2. The third-order valence-electron chi connectivity index (χ3n) is 4.86. The Kier molecular flexibility index (Phi) is 5.39. The van der Waals surface area contributed by atoms with Crippen molar-refractivity contribution in [3.05, 3.63) is 42.5 Å². The molecule has 9 nitrogen and oxygen atoms in total. The molecule has 0 bridgehead atoms. The zero-order chi connectivity index (χ0) is 21.1. The Labute approximate surface area is 173 Å². The number of nitrogens with zero attached hydrogens (tertiary/aromatic N) is 6. The van der Waals surface area contributed by atoms with Crippen LogP contribution in [0.15, 0.2) is 36.8 Å². The number of pyridine rings is 1. The largest absolute Gasteiger partial charge is 0.354 e. The Bertz CT molecular complexity index is 1140. The first kappa shape index (κ1) is 19.5. The molecule has 2 aliphatic rings. The predicted octanol–water partition coefficient (Wildman–Crippen LogP) is 2.20. The van der Waals surface area contributed by atoms with Crippen molar-refractivity contribution < 1.29 is 9.59 Å². The molecule has 30 heavy (non-hydrogen) atoms. The third kappa shape index (κ3) is 3.85. The summed E-state index contributed by atoms with van der Waals surface area (Å²) in [6.07, 6.45) is 9.85. The van der Waals surface area contributed by atoms with Crippen LogP contribution in [0.5, 0.6) is 0 Å². The standard InChI is InChI=1S/C18H15N7O2.C3H6/c1-20-17(26)13-8-11(2-5-21-13)14-10-25-15(3-6-22-25)16(23-14)24-7-4-12(9-19)18(24)27;1-2-3-1/h2-3,5-6,8,10,12H,4,7H2,1H3,(H,20,26);1-3H2. The fraction of sp³-hybridized carbons (Fsp3) is 0.333. The summed E-state index contributed by atoms with van der Waals surface area (Å²) in [6.45, 7) is 0.425. The first-order chi connectivity index (χ1) is 14.6. The molecule has 1 N–H and O–H groups in total. The molecule has 0 aromatic carbocycles. The molecule has 0 spiro atoms. The quantitative estimate of drug-likeness (QED) is 0.717. The van der Waals surface area contributed by atoms with Gasteiger partial charge in [-0.25, -0.2) is 9.50 Å². The fourth-order valence-corrected chi connectivity index (χ4v) is 3.10. The summed E-state index contributed by atoms with van der Waals surface area (Å²) in [5, 5.41) is 15.9. The zero-order valence-electron chi connectivity index (χ0n) is 16.6. The van der Waals surface area contributed by atoms with E-state index in [1.807, 2.05) is 6.07 Å². The molecule has 2 amide bonds. The molecule has 1 saturated heterocycles. The summed E-state index contributed by atoms with van der Waals surface area (Å²) in [4.78, 5) is 34.6. The van der Waals surface area contributed by atoms with Crippen molar-refractivity contribution in [1.29, 1.82) is 5.26 Å². The summed E-state index contributed by atoms with van der Waals surface area (Å²) in [5.74, 6) is -0.764. The molecule has 0 radical (unpaired) electrons. The Morgan fingerprint density at radius 3 is 2.73 bits per heavy atom. The molecule has 1 saturated carbocycles. The molecule has 4 heterocycles. The van der Waals surface area contributed by atoms with E-state index in [9.17, 15) is 9.59 Å². The summed E-state index contributed by atoms with van der Waals surface area (Å²) < 4.78 is 1.63. The van der Waals surface area contributed by atoms with Crippen LogP contribution in [-0.2, 0) is 4.79 Å². The van der Waals surface area contributed by atoms with Crippen LogP contribution >= 0.6 is 0 Å². The van der Waals surface area contributed by atoms with Gasteiger partial charge < -0.3 is 5.32 Å². The molecule has 152 valence electrons. The zero-order valence-corrected chi connectivity index (χ0v) is 16.6. The highest BCUT2D eigenvalue weighted by Gasteiger charge is 2.34. The second-order valence-electron chi connectivity index (χ2n) is 7.14. The van der Waals surface area contributed by atoms with Crippen LogP contribution in [0.3, 0.4) is 0 Å². The van der Waals surface area contributed by atoms with Gasteiger partial charge in [0.2, 0.25) is 5.91 Å². The monoisotopic (exact) mass is 403 g/mol. The van der Waals surface area contributed by atoms with E-state index in [-0.39, 0.29) is 17.5 Å². The van der Waals surface area contributed by atoms with Gasteiger partial charge in [-0.3, -0.25) is 19.5 Å². The van der Waals surface area contributed by atoms with Gasteiger partial charge in [0.05, 0.1) is 24.2 Å². The fourth-order valence-electron chi connectivity index (χ4n) is 3.10. The average Bonchev–Trinajstić information content (AvgIpc) is 3.51. The highest BCUT2D eigenvalue weighted by molar-refractivity contribution is 6.01. The van der Waals surface area contributed by atoms with E-state index in [0.717, 1.165) is 0 Å². The van der Waals surface area contributed by atoms with E-state index in [1.54, 1.807) is 35.1 Å². The highest BCUT2D eigenvalue weighted by Crippen LogP contribution is 2.29. The Morgan fingerprint density at radius 1 is 1.27 bits per heavy atom. The number of hydrogen-bond donors (Lipinski definition) is 1. The number of fused-ring (bicyclic) bond motifs is 1. The first-order valence-electron chi connectivity index (χ1n) is 9.86. The van der Waals surface area contributed by atoms with Gasteiger partial charge in [-0.05, 0) is 24.6 Å². The minimum absolute atomic E-state index is 0.258. The van der Waals surface area contributed by atoms with Gasteiger partial charge in [0, 0.05) is 25.4 Å². The Morgan fingerprint density at radius 2 is 2.07 bits per heavy atom. The van der Waals surface area contributed by atoms with Crippen LogP contribution < -0.4 is 10.2 Å². The molecular weight excluding hydrogens is 382 g/mol. The van der Waals surface area contributed by atoms with Crippen molar-refractivity contribution in [3.63, 3.8) is 0 Å². The normalized spacial score (nSPS) is 17.3. The number of rotatable bonds is 3. The van der Waals surface area contributed by atoms with Crippen LogP contribution in [0, 0.1) is 17.2 Å². The van der Waals surface area contributed by atoms with Gasteiger partial charge in [-0.2, -0.15) is 10.4 Å². The van der Waals surface area contributed by atoms with Crippen LogP contribution in [0.2, 0.25) is 0 Å². The topological polar surface area (TPSA) is 116 Å². The summed E-state index contributed by atoms with van der Waals surface area (Å²) >= 11 is 0. The van der Waals surface area contributed by atoms with Crippen molar-refractivity contribution in [2.75, 3.05) is 18.5 Å². The molecule has 3 aromatic heterocycles. The minimum Gasteiger partial charge on any atom is -0.354 e. The maximum atomic E-state index is 12.5. The van der Waals surface area contributed by atoms with Crippen molar-refractivity contribution in [3.8, 4) is 17.3 Å². The molecule has 2 fully saturated rings. The van der Waals surface area contributed by atoms with Crippen molar-refractivity contribution in [2.24, 2.45) is 5.92 Å². The molecule has 9 heteroatoms. The molecule has 3 aromatic rings. The van der Waals surface area contributed by atoms with Gasteiger partial charge in [-0.1, -0.05) is 19.3 Å². The van der Waals surface area contributed by atoms with Crippen molar-refractivity contribution >= 4 is 23.1 Å². The van der Waals surface area contributed by atoms with Crippen LogP contribution in [0.4, 0.5) is 5.82 Å². The Hall–Kier alpha value is -3.80. The van der Waals surface area contributed by atoms with Gasteiger partial charge in [-0.15, -0.1) is 0 Å². The van der Waals surface area contributed by atoms with Crippen molar-refractivity contribution in [1.82, 2.24) is 24.9 Å². The number of amides is 2. The van der Waals surface area contributed by atoms with Crippen LogP contribution in [-0.4, -0.2) is 45.0 Å². The molecule has 1 unspecified atom stereocenters. The number of nitrogens with one attached hydrogen (secondary N) is 1. The van der Waals surface area contributed by atoms with E-state index < -0.39 is 5.92 Å². The number of anilines is 1. The second-order valence-corrected chi connectivity index (χ2v) is 7.14. The predicted molar refractivity (Wildman–Crippen MR) is 110 cm³/mol. The maximum absolute atomic E-state index is 12.5. The number of aromatic nitrogens is 4. The first-order valence-corrected chi connectivity index (χ1v) is 9.86. The van der Waals surface area contributed by atoms with Crippen molar-refractivity contribution in [2.45, 2.75) is 25.7 Å². The van der Waals surface area contributed by atoms with E-state index in [1.165, 1.54) is 37.4 Å². The minimum atomic E-state index is -0.654. The summed E-state index contributed by atoms with van der Waals surface area (Å²) in [7, 11) is 1.54. The lowest BCUT2D eigenvalue weighted by Gasteiger charge is -2.17. The van der Waals surface area contributed by atoms with Crippen LogP contribution in [0.25, 0.3) is 16.8 Å². The van der Waals surface area contributed by atoms with Gasteiger partial charge in [0.15, 0.2) is 5.82 Å². The smallest absolute Gasteiger partial charge is 0.269 e. The second kappa shape index (κ2) is 8.29. The lowest BCUT2D eigenvalue weighted by atomic mass is 10.1. The lowest BCUT2D eigenvalue weighted by Crippen LogP contribution is -2.28. The number of nitriles is 1. The molecule has 1 atom stereocenters. The molecule has 1 aliphatic heterocycles. The van der Waals surface area contributed by atoms with Gasteiger partial charge in [0.1, 0.15) is 17.1 Å². The highest BCUT2D eigenvalue weighted by atomic mass is 16.2. The van der Waals surface area contributed by atoms with E-state index in [2.05, 4.69) is 20.4 Å². The van der Waals surface area contributed by atoms with E-state index >= 15 is 0 Å². The summed E-state index contributed by atoms with van der Waals surface area (Å²) in [5.41, 5.74) is 2.15.